The maximum Gasteiger partial charge on any atom is 0.307 e. The largest absolute Gasteiger partial charge is 0.466 e. The first-order valence-electron chi connectivity index (χ1n) is 36.2. The topological polar surface area (TPSA) is 141 Å². The van der Waals surface area contributed by atoms with Gasteiger partial charge in [0.15, 0.2) is 0 Å². The number of carbonyl (C=O) groups is 3. The molecule has 0 amide bonds. The monoisotopic (exact) mass is 1210 g/mol. The van der Waals surface area contributed by atoms with Gasteiger partial charge in [-0.2, -0.15) is 0 Å². The van der Waals surface area contributed by atoms with Gasteiger partial charge in [-0.1, -0.05) is 220 Å². The molecule has 1 unspecified atom stereocenters. The van der Waals surface area contributed by atoms with Crippen molar-refractivity contribution in [1.29, 1.82) is 0 Å². The van der Waals surface area contributed by atoms with Crippen LogP contribution in [-0.4, -0.2) is 166 Å². The molecule has 1 aliphatic heterocycles. The van der Waals surface area contributed by atoms with E-state index in [1.54, 1.807) is 0 Å². The molecule has 1 rings (SSSR count). The molecule has 0 bridgehead atoms. The van der Waals surface area contributed by atoms with Gasteiger partial charge in [0.1, 0.15) is 18.8 Å². The lowest BCUT2D eigenvalue weighted by atomic mass is 9.91. The summed E-state index contributed by atoms with van der Waals surface area (Å²) in [4.78, 5) is 42.3. The fourth-order valence-electron chi connectivity index (χ4n) is 11.1. The van der Waals surface area contributed by atoms with Crippen LogP contribution in [-0.2, 0) is 57.0 Å². The second kappa shape index (κ2) is 65.1. The van der Waals surface area contributed by atoms with Crippen LogP contribution in [0.3, 0.4) is 0 Å². The van der Waals surface area contributed by atoms with Gasteiger partial charge in [0.05, 0.1) is 72.5 Å². The Morgan fingerprint density at radius 1 is 0.329 bits per heavy atom. The normalized spacial score (nSPS) is 13.6. The molecule has 0 spiro atoms. The standard InChI is InChI=1S/C71H138N2O12/c1-6-10-14-18-24-32-40-66(41-33-25-19-15-11-7-2)47-55-83-69(74)44-36-28-22-30-38-53-80-64-68(65-81-61-60-78-57-56-77-58-59-79-62-63-84-70(75)46-48-73-51-49-72(5)50-52-73)82-54-39-31-23-29-37-45-71(76)85-67(42-34-26-20-16-12-8-3)43-35-27-21-17-13-9-4/h66-68H,6-65H2,1-5H3. The predicted molar refractivity (Wildman–Crippen MR) is 350 cm³/mol. The van der Waals surface area contributed by atoms with Gasteiger partial charge < -0.3 is 52.4 Å². The molecule has 1 fully saturated rings. The molecular weight excluding hydrogens is 1070 g/mol. The summed E-state index contributed by atoms with van der Waals surface area (Å²) in [6, 6.07) is 0. The molecule has 85 heavy (non-hydrogen) atoms. The van der Waals surface area contributed by atoms with Crippen molar-refractivity contribution in [2.45, 2.75) is 310 Å². The fraction of sp³-hybridized carbons (Fsp3) is 0.958. The zero-order valence-corrected chi connectivity index (χ0v) is 56.5. The Hall–Kier alpha value is -1.91. The highest BCUT2D eigenvalue weighted by Crippen LogP contribution is 2.23. The van der Waals surface area contributed by atoms with Crippen LogP contribution >= 0.6 is 0 Å². The van der Waals surface area contributed by atoms with Crippen LogP contribution in [0.25, 0.3) is 0 Å². The first kappa shape index (κ1) is 81.1. The Morgan fingerprint density at radius 3 is 1.21 bits per heavy atom. The summed E-state index contributed by atoms with van der Waals surface area (Å²) in [5.41, 5.74) is 0. The molecule has 0 aromatic rings. The lowest BCUT2D eigenvalue weighted by Crippen LogP contribution is -2.45. The lowest BCUT2D eigenvalue weighted by molar-refractivity contribution is -0.150. The summed E-state index contributed by atoms with van der Waals surface area (Å²) < 4.78 is 52.6. The summed E-state index contributed by atoms with van der Waals surface area (Å²) in [6.45, 7) is 20.0. The highest BCUT2D eigenvalue weighted by Gasteiger charge is 2.17. The molecule has 0 aromatic carbocycles. The van der Waals surface area contributed by atoms with Gasteiger partial charge in [-0.05, 0) is 70.8 Å². The second-order valence-electron chi connectivity index (χ2n) is 24.8. The second-order valence-corrected chi connectivity index (χ2v) is 24.8. The highest BCUT2D eigenvalue weighted by atomic mass is 16.6. The number of nitrogens with zero attached hydrogens (tertiary/aromatic N) is 2. The zero-order chi connectivity index (χ0) is 61.4. The van der Waals surface area contributed by atoms with E-state index in [0.717, 1.165) is 129 Å². The Kier molecular flexibility index (Phi) is 62.1. The molecule has 14 heteroatoms. The lowest BCUT2D eigenvalue weighted by Gasteiger charge is -2.31. The van der Waals surface area contributed by atoms with E-state index >= 15 is 0 Å². The van der Waals surface area contributed by atoms with Crippen LogP contribution in [0.2, 0.25) is 0 Å². The number of unbranched alkanes of at least 4 members (excludes halogenated alkanes) is 28. The Balaban J connectivity index is 2.39. The van der Waals surface area contributed by atoms with E-state index in [9.17, 15) is 14.4 Å². The van der Waals surface area contributed by atoms with Crippen LogP contribution in [0.4, 0.5) is 0 Å². The average molecular weight is 1210 g/mol. The molecule has 0 radical (unpaired) electrons. The third-order valence-electron chi connectivity index (χ3n) is 16.8. The number of hydrogen-bond acceptors (Lipinski definition) is 14. The minimum atomic E-state index is -0.179. The summed E-state index contributed by atoms with van der Waals surface area (Å²) in [7, 11) is 2.13. The van der Waals surface area contributed by atoms with Crippen LogP contribution < -0.4 is 0 Å². The smallest absolute Gasteiger partial charge is 0.307 e. The SMILES string of the molecule is CCCCCCCCC(CCCCCCCC)CCOC(=O)CCCCCCCOCC(COCCOCCOCCOCCOC(=O)CCN1CCN(C)CC1)OCCCCCCCC(=O)OC(CCCCCCCC)CCCCCCCC. The molecule has 1 heterocycles. The van der Waals surface area contributed by atoms with Gasteiger partial charge >= 0.3 is 17.9 Å². The molecule has 504 valence electrons. The van der Waals surface area contributed by atoms with Crippen molar-refractivity contribution in [3.63, 3.8) is 0 Å². The number of hydrogen-bond donors (Lipinski definition) is 0. The molecular formula is C71H138N2O12. The fourth-order valence-corrected chi connectivity index (χ4v) is 11.1. The minimum absolute atomic E-state index is 0.0168. The van der Waals surface area contributed by atoms with Gasteiger partial charge in [-0.3, -0.25) is 14.4 Å². The Labute approximate surface area is 523 Å². The number of esters is 3. The average Bonchev–Trinajstić information content (AvgIpc) is 3.53. The summed E-state index contributed by atoms with van der Waals surface area (Å²) in [6.07, 6.45) is 48.0. The van der Waals surface area contributed by atoms with Crippen molar-refractivity contribution < 1.29 is 57.0 Å². The van der Waals surface area contributed by atoms with Crippen molar-refractivity contribution in [2.75, 3.05) is 126 Å². The van der Waals surface area contributed by atoms with Crippen molar-refractivity contribution in [3.8, 4) is 0 Å². The predicted octanol–water partition coefficient (Wildman–Crippen LogP) is 16.8. The van der Waals surface area contributed by atoms with Crippen LogP contribution in [0.1, 0.15) is 297 Å². The molecule has 14 nitrogen and oxygen atoms in total. The van der Waals surface area contributed by atoms with E-state index in [0.29, 0.717) is 104 Å². The third-order valence-corrected chi connectivity index (χ3v) is 16.8. The molecule has 0 aliphatic carbocycles. The van der Waals surface area contributed by atoms with Crippen molar-refractivity contribution >= 4 is 17.9 Å². The van der Waals surface area contributed by atoms with Crippen molar-refractivity contribution in [2.24, 2.45) is 5.92 Å². The molecule has 1 saturated heterocycles. The number of carbonyl (C=O) groups excluding carboxylic acids is 3. The van der Waals surface area contributed by atoms with Crippen molar-refractivity contribution in [3.05, 3.63) is 0 Å². The first-order chi connectivity index (χ1) is 41.8. The highest BCUT2D eigenvalue weighted by molar-refractivity contribution is 5.70. The van der Waals surface area contributed by atoms with Gasteiger partial charge in [0.2, 0.25) is 0 Å². The quantitative estimate of drug-likeness (QED) is 0.0324. The van der Waals surface area contributed by atoms with E-state index in [-0.39, 0.29) is 36.7 Å². The van der Waals surface area contributed by atoms with E-state index in [4.69, 9.17) is 42.6 Å². The molecule has 0 N–H and O–H groups in total. The summed E-state index contributed by atoms with van der Waals surface area (Å²) in [5.74, 6) is 0.450. The minimum Gasteiger partial charge on any atom is -0.466 e. The Morgan fingerprint density at radius 2 is 0.706 bits per heavy atom. The van der Waals surface area contributed by atoms with E-state index in [1.165, 1.54) is 154 Å². The molecule has 0 saturated carbocycles. The number of ether oxygens (including phenoxy) is 9. The maximum absolute atomic E-state index is 12.9. The number of piperazine rings is 1. The van der Waals surface area contributed by atoms with E-state index < -0.39 is 0 Å². The molecule has 0 aromatic heterocycles. The van der Waals surface area contributed by atoms with Crippen LogP contribution in [0.5, 0.6) is 0 Å². The third kappa shape index (κ3) is 58.2. The van der Waals surface area contributed by atoms with Gasteiger partial charge in [-0.15, -0.1) is 0 Å². The molecule has 1 aliphatic rings. The van der Waals surface area contributed by atoms with Crippen LogP contribution in [0, 0.1) is 5.92 Å². The van der Waals surface area contributed by atoms with Crippen molar-refractivity contribution in [1.82, 2.24) is 9.80 Å². The zero-order valence-electron chi connectivity index (χ0n) is 56.5. The van der Waals surface area contributed by atoms with Gasteiger partial charge in [-0.25, -0.2) is 0 Å². The number of rotatable bonds is 68. The van der Waals surface area contributed by atoms with Crippen LogP contribution in [0.15, 0.2) is 0 Å². The number of likely N-dealkylation sites (N-methyl/N-ethyl adjacent to an activating group) is 1. The first-order valence-corrected chi connectivity index (χ1v) is 36.2. The van der Waals surface area contributed by atoms with E-state index in [2.05, 4.69) is 44.5 Å². The van der Waals surface area contributed by atoms with Gasteiger partial charge in [0.25, 0.3) is 0 Å². The summed E-state index contributed by atoms with van der Waals surface area (Å²) >= 11 is 0. The Bertz CT molecular complexity index is 1370. The van der Waals surface area contributed by atoms with Gasteiger partial charge in [0, 0.05) is 58.8 Å². The summed E-state index contributed by atoms with van der Waals surface area (Å²) in [5, 5.41) is 0. The maximum atomic E-state index is 12.9. The molecule has 1 atom stereocenters. The van der Waals surface area contributed by atoms with E-state index in [1.807, 2.05) is 0 Å².